The van der Waals surface area contributed by atoms with Crippen molar-refractivity contribution in [1.82, 2.24) is 5.32 Å². The topological polar surface area (TPSA) is 47.6 Å². The van der Waals surface area contributed by atoms with E-state index in [1.54, 1.807) is 18.2 Å². The number of hydrogen-bond acceptors (Lipinski definition) is 3. The van der Waals surface area contributed by atoms with Crippen molar-refractivity contribution < 1.29 is 23.0 Å². The predicted octanol–water partition coefficient (Wildman–Crippen LogP) is 2.84. The Balaban J connectivity index is 1.97. The highest BCUT2D eigenvalue weighted by Crippen LogP contribution is 2.27. The van der Waals surface area contributed by atoms with Gasteiger partial charge in [0.2, 0.25) is 5.91 Å². The largest absolute Gasteiger partial charge is 0.493 e. The van der Waals surface area contributed by atoms with Crippen LogP contribution in [0.3, 0.4) is 0 Å². The van der Waals surface area contributed by atoms with Crippen LogP contribution in [-0.2, 0) is 17.8 Å². The molecule has 1 amide bonds. The minimum absolute atomic E-state index is 0.00175. The third kappa shape index (κ3) is 4.42. The lowest BCUT2D eigenvalue weighted by atomic mass is 10.1. The summed E-state index contributed by atoms with van der Waals surface area (Å²) in [5.41, 5.74) is 0.965. The maximum absolute atomic E-state index is 13.5. The number of rotatable bonds is 6. The van der Waals surface area contributed by atoms with Crippen molar-refractivity contribution in [2.75, 3.05) is 14.2 Å². The molecule has 2 aromatic carbocycles. The zero-order valence-corrected chi connectivity index (χ0v) is 12.9. The highest BCUT2D eigenvalue weighted by Gasteiger charge is 2.10. The highest BCUT2D eigenvalue weighted by molar-refractivity contribution is 5.78. The Bertz CT molecular complexity index is 704. The third-order valence-corrected chi connectivity index (χ3v) is 3.30. The lowest BCUT2D eigenvalue weighted by molar-refractivity contribution is -0.120. The molecule has 0 aromatic heterocycles. The Hall–Kier alpha value is -2.63. The number of carbonyl (C=O) groups excluding carboxylic acids is 1. The van der Waals surface area contributed by atoms with E-state index in [4.69, 9.17) is 9.47 Å². The number of ether oxygens (including phenoxy) is 2. The van der Waals surface area contributed by atoms with Crippen LogP contribution in [0.1, 0.15) is 11.1 Å². The van der Waals surface area contributed by atoms with Gasteiger partial charge in [-0.25, -0.2) is 8.78 Å². The second-order valence-electron chi connectivity index (χ2n) is 4.88. The minimum Gasteiger partial charge on any atom is -0.493 e. The zero-order valence-electron chi connectivity index (χ0n) is 12.9. The van der Waals surface area contributed by atoms with Gasteiger partial charge in [0.25, 0.3) is 0 Å². The standard InChI is InChI=1S/C17H17F2NO3/c1-22-15-6-3-11(7-16(15)23-2)8-17(21)20-10-12-4-5-13(18)9-14(12)19/h3-7,9H,8,10H2,1-2H3,(H,20,21). The lowest BCUT2D eigenvalue weighted by Gasteiger charge is -2.10. The molecule has 0 aliphatic carbocycles. The van der Waals surface area contributed by atoms with Crippen molar-refractivity contribution in [2.45, 2.75) is 13.0 Å². The molecule has 0 atom stereocenters. The Morgan fingerprint density at radius 2 is 1.78 bits per heavy atom. The maximum atomic E-state index is 13.5. The van der Waals surface area contributed by atoms with Gasteiger partial charge in [-0.3, -0.25) is 4.79 Å². The number of carbonyl (C=O) groups is 1. The summed E-state index contributed by atoms with van der Waals surface area (Å²) in [6.07, 6.45) is 0.114. The van der Waals surface area contributed by atoms with Crippen LogP contribution < -0.4 is 14.8 Å². The van der Waals surface area contributed by atoms with Crippen LogP contribution in [0.5, 0.6) is 11.5 Å². The summed E-state index contributed by atoms with van der Waals surface area (Å²) >= 11 is 0. The van der Waals surface area contributed by atoms with E-state index in [0.717, 1.165) is 17.7 Å². The molecule has 23 heavy (non-hydrogen) atoms. The van der Waals surface area contributed by atoms with E-state index in [2.05, 4.69) is 5.32 Å². The third-order valence-electron chi connectivity index (χ3n) is 3.30. The van der Waals surface area contributed by atoms with Gasteiger partial charge in [-0.15, -0.1) is 0 Å². The second kappa shape index (κ2) is 7.58. The van der Waals surface area contributed by atoms with Crippen LogP contribution >= 0.6 is 0 Å². The minimum atomic E-state index is -0.684. The van der Waals surface area contributed by atoms with E-state index < -0.39 is 11.6 Å². The number of nitrogens with one attached hydrogen (secondary N) is 1. The Morgan fingerprint density at radius 1 is 1.04 bits per heavy atom. The molecular weight excluding hydrogens is 304 g/mol. The fourth-order valence-corrected chi connectivity index (χ4v) is 2.10. The summed E-state index contributed by atoms with van der Waals surface area (Å²) in [5.74, 6) is -0.507. The highest BCUT2D eigenvalue weighted by atomic mass is 19.1. The number of benzene rings is 2. The summed E-state index contributed by atoms with van der Waals surface area (Å²) in [6, 6.07) is 8.41. The number of amides is 1. The molecule has 4 nitrogen and oxygen atoms in total. The zero-order chi connectivity index (χ0) is 16.8. The first-order chi connectivity index (χ1) is 11.0. The van der Waals surface area contributed by atoms with Crippen molar-refractivity contribution in [3.05, 3.63) is 59.2 Å². The van der Waals surface area contributed by atoms with Crippen molar-refractivity contribution in [1.29, 1.82) is 0 Å². The summed E-state index contributed by atoms with van der Waals surface area (Å²) in [6.45, 7) is -0.00175. The normalized spacial score (nSPS) is 10.3. The van der Waals surface area contributed by atoms with Crippen molar-refractivity contribution >= 4 is 5.91 Å². The molecule has 2 aromatic rings. The van der Waals surface area contributed by atoms with Crippen LogP contribution in [0.2, 0.25) is 0 Å². The number of hydrogen-bond donors (Lipinski definition) is 1. The molecule has 1 N–H and O–H groups in total. The summed E-state index contributed by atoms with van der Waals surface area (Å²) in [5, 5.41) is 2.60. The molecule has 122 valence electrons. The molecule has 0 radical (unpaired) electrons. The van der Waals surface area contributed by atoms with Gasteiger partial charge in [0.05, 0.1) is 20.6 Å². The fraction of sp³-hybridized carbons (Fsp3) is 0.235. The molecule has 0 unspecified atom stereocenters. The molecule has 0 heterocycles. The first-order valence-corrected chi connectivity index (χ1v) is 6.95. The van der Waals surface area contributed by atoms with Gasteiger partial charge < -0.3 is 14.8 Å². The van der Waals surface area contributed by atoms with Gasteiger partial charge in [0, 0.05) is 18.2 Å². The molecule has 2 rings (SSSR count). The predicted molar refractivity (Wildman–Crippen MR) is 81.5 cm³/mol. The van der Waals surface area contributed by atoms with Crippen molar-refractivity contribution in [3.8, 4) is 11.5 Å². The van der Waals surface area contributed by atoms with E-state index in [0.29, 0.717) is 11.5 Å². The SMILES string of the molecule is COc1ccc(CC(=O)NCc2ccc(F)cc2F)cc1OC. The molecule has 0 aliphatic heterocycles. The molecule has 0 saturated heterocycles. The smallest absolute Gasteiger partial charge is 0.224 e. The molecule has 0 spiro atoms. The van der Waals surface area contributed by atoms with Crippen molar-refractivity contribution in [2.24, 2.45) is 0 Å². The maximum Gasteiger partial charge on any atom is 0.224 e. The van der Waals surface area contributed by atoms with Crippen LogP contribution in [0, 0.1) is 11.6 Å². The van der Waals surface area contributed by atoms with E-state index in [1.807, 2.05) is 0 Å². The van der Waals surface area contributed by atoms with E-state index in [1.165, 1.54) is 20.3 Å². The van der Waals surface area contributed by atoms with Gasteiger partial charge in [-0.1, -0.05) is 12.1 Å². The van der Waals surface area contributed by atoms with Gasteiger partial charge in [0.1, 0.15) is 11.6 Å². The summed E-state index contributed by atoms with van der Waals surface area (Å²) in [7, 11) is 3.04. The summed E-state index contributed by atoms with van der Waals surface area (Å²) < 4.78 is 36.6. The Kier molecular flexibility index (Phi) is 5.51. The van der Waals surface area contributed by atoms with Crippen LogP contribution in [-0.4, -0.2) is 20.1 Å². The van der Waals surface area contributed by atoms with Gasteiger partial charge in [-0.05, 0) is 23.8 Å². The van der Waals surface area contributed by atoms with E-state index >= 15 is 0 Å². The number of methoxy groups -OCH3 is 2. The van der Waals surface area contributed by atoms with Gasteiger partial charge in [0.15, 0.2) is 11.5 Å². The van der Waals surface area contributed by atoms with Gasteiger partial charge in [-0.2, -0.15) is 0 Å². The molecule has 6 heteroatoms. The first-order valence-electron chi connectivity index (χ1n) is 6.95. The monoisotopic (exact) mass is 321 g/mol. The quantitative estimate of drug-likeness (QED) is 0.890. The van der Waals surface area contributed by atoms with Crippen molar-refractivity contribution in [3.63, 3.8) is 0 Å². The molecule has 0 bridgehead atoms. The van der Waals surface area contributed by atoms with E-state index in [-0.39, 0.29) is 24.4 Å². The Morgan fingerprint density at radius 3 is 2.43 bits per heavy atom. The second-order valence-corrected chi connectivity index (χ2v) is 4.88. The molecule has 0 fully saturated rings. The van der Waals surface area contributed by atoms with Gasteiger partial charge >= 0.3 is 0 Å². The van der Waals surface area contributed by atoms with Crippen LogP contribution in [0.4, 0.5) is 8.78 Å². The first kappa shape index (κ1) is 16.7. The molecular formula is C17H17F2NO3. The molecule has 0 aliphatic rings. The average molecular weight is 321 g/mol. The number of halogens is 2. The van der Waals surface area contributed by atoms with E-state index in [9.17, 15) is 13.6 Å². The van der Waals surface area contributed by atoms with Crippen LogP contribution in [0.25, 0.3) is 0 Å². The average Bonchev–Trinajstić information content (AvgIpc) is 2.54. The molecule has 0 saturated carbocycles. The summed E-state index contributed by atoms with van der Waals surface area (Å²) in [4.78, 5) is 11.9. The van der Waals surface area contributed by atoms with Crippen LogP contribution in [0.15, 0.2) is 36.4 Å². The lowest BCUT2D eigenvalue weighted by Crippen LogP contribution is -2.25. The Labute approximate surface area is 133 Å². The fourth-order valence-electron chi connectivity index (χ4n) is 2.10.